The van der Waals surface area contributed by atoms with Gasteiger partial charge in [-0.15, -0.1) is 0 Å². The highest BCUT2D eigenvalue weighted by Gasteiger charge is 2.54. The first kappa shape index (κ1) is 19.1. The van der Waals surface area contributed by atoms with Crippen molar-refractivity contribution in [2.24, 2.45) is 0 Å². The van der Waals surface area contributed by atoms with Crippen molar-refractivity contribution >= 4 is 17.8 Å². The minimum absolute atomic E-state index is 0.220. The topological polar surface area (TPSA) is 78.5 Å². The van der Waals surface area contributed by atoms with Crippen molar-refractivity contribution < 1.29 is 18.8 Å². The van der Waals surface area contributed by atoms with Gasteiger partial charge in [-0.25, -0.2) is 9.18 Å². The quantitative estimate of drug-likeness (QED) is 0.763. The first-order chi connectivity index (χ1) is 14.0. The van der Waals surface area contributed by atoms with Gasteiger partial charge in [0.15, 0.2) is 0 Å². The number of amides is 4. The highest BCUT2D eigenvalue weighted by molar-refractivity contribution is 6.09. The van der Waals surface area contributed by atoms with Crippen molar-refractivity contribution in [3.8, 4) is 0 Å². The molecule has 2 aromatic carbocycles. The van der Waals surface area contributed by atoms with E-state index in [-0.39, 0.29) is 24.8 Å². The molecule has 7 heteroatoms. The predicted molar refractivity (Wildman–Crippen MR) is 104 cm³/mol. The van der Waals surface area contributed by atoms with Crippen molar-refractivity contribution in [1.29, 1.82) is 0 Å². The molecule has 1 aliphatic carbocycles. The second kappa shape index (κ2) is 7.66. The number of nitrogens with one attached hydrogen (secondary N) is 2. The van der Waals surface area contributed by atoms with Crippen LogP contribution in [0.4, 0.5) is 9.18 Å². The minimum Gasteiger partial charge on any atom is -0.354 e. The third kappa shape index (κ3) is 3.48. The van der Waals surface area contributed by atoms with Crippen LogP contribution in [0.5, 0.6) is 0 Å². The fraction of sp³-hybridized carbons (Fsp3) is 0.318. The smallest absolute Gasteiger partial charge is 0.325 e. The zero-order chi connectivity index (χ0) is 20.4. The molecule has 0 bridgehead atoms. The van der Waals surface area contributed by atoms with Gasteiger partial charge in [-0.3, -0.25) is 14.5 Å². The van der Waals surface area contributed by atoms with E-state index >= 15 is 0 Å². The number of hydrogen-bond acceptors (Lipinski definition) is 3. The fourth-order valence-corrected chi connectivity index (χ4v) is 4.19. The number of rotatable bonds is 5. The Morgan fingerprint density at radius 2 is 1.90 bits per heavy atom. The molecule has 4 amide bonds. The molecule has 1 spiro atoms. The Bertz CT molecular complexity index is 977. The number of urea groups is 1. The average Bonchev–Trinajstić information content (AvgIpc) is 2.94. The van der Waals surface area contributed by atoms with Crippen LogP contribution in [0.1, 0.15) is 29.5 Å². The first-order valence-electron chi connectivity index (χ1n) is 9.74. The Morgan fingerprint density at radius 1 is 1.14 bits per heavy atom. The maximum atomic E-state index is 13.6. The number of benzene rings is 2. The molecule has 1 saturated heterocycles. The van der Waals surface area contributed by atoms with Crippen molar-refractivity contribution in [3.05, 3.63) is 71.0 Å². The molecule has 29 heavy (non-hydrogen) atoms. The number of fused-ring (bicyclic) bond motifs is 2. The van der Waals surface area contributed by atoms with Gasteiger partial charge in [0.2, 0.25) is 5.91 Å². The molecule has 150 valence electrons. The van der Waals surface area contributed by atoms with Crippen LogP contribution in [-0.4, -0.2) is 35.8 Å². The maximum absolute atomic E-state index is 13.6. The molecule has 2 aromatic rings. The lowest BCUT2D eigenvalue weighted by Crippen LogP contribution is -2.47. The summed E-state index contributed by atoms with van der Waals surface area (Å²) >= 11 is 0. The second-order valence-corrected chi connectivity index (χ2v) is 7.43. The third-order valence-electron chi connectivity index (χ3n) is 5.63. The highest BCUT2D eigenvalue weighted by atomic mass is 19.1. The average molecular weight is 395 g/mol. The summed E-state index contributed by atoms with van der Waals surface area (Å²) in [7, 11) is 0. The van der Waals surface area contributed by atoms with E-state index in [0.717, 1.165) is 28.9 Å². The Morgan fingerprint density at radius 3 is 2.72 bits per heavy atom. The standard InChI is InChI=1S/C22H22FN3O3/c23-18-10-4-2-7-16(18)11-13-24-19(27)14-26-20(28)22(25-21(26)29)12-5-8-15-6-1-3-9-17(15)22/h1-4,6-7,9-10H,5,8,11-14H2,(H,24,27)(H,25,29)/t22-/m1/s1. The van der Waals surface area contributed by atoms with Crippen LogP contribution in [0.15, 0.2) is 48.5 Å². The summed E-state index contributed by atoms with van der Waals surface area (Å²) in [6.45, 7) is -0.136. The van der Waals surface area contributed by atoms with E-state index in [9.17, 15) is 18.8 Å². The summed E-state index contributed by atoms with van der Waals surface area (Å²) in [6, 6.07) is 13.4. The largest absolute Gasteiger partial charge is 0.354 e. The van der Waals surface area contributed by atoms with E-state index in [0.29, 0.717) is 18.4 Å². The van der Waals surface area contributed by atoms with Gasteiger partial charge in [0.05, 0.1) is 0 Å². The summed E-state index contributed by atoms with van der Waals surface area (Å²) in [6.07, 6.45) is 2.49. The van der Waals surface area contributed by atoms with Gasteiger partial charge in [-0.1, -0.05) is 42.5 Å². The summed E-state index contributed by atoms with van der Waals surface area (Å²) in [5, 5.41) is 5.49. The third-order valence-corrected chi connectivity index (χ3v) is 5.63. The van der Waals surface area contributed by atoms with Crippen LogP contribution in [-0.2, 0) is 28.0 Å². The van der Waals surface area contributed by atoms with E-state index in [1.807, 2.05) is 24.3 Å². The molecular weight excluding hydrogens is 373 g/mol. The molecular formula is C22H22FN3O3. The molecule has 1 atom stereocenters. The van der Waals surface area contributed by atoms with Crippen LogP contribution < -0.4 is 10.6 Å². The van der Waals surface area contributed by atoms with Gasteiger partial charge < -0.3 is 10.6 Å². The monoisotopic (exact) mass is 395 g/mol. The molecule has 0 aromatic heterocycles. The predicted octanol–water partition coefficient (Wildman–Crippen LogP) is 2.27. The van der Waals surface area contributed by atoms with E-state index in [1.54, 1.807) is 18.2 Å². The first-order valence-corrected chi connectivity index (χ1v) is 9.74. The highest BCUT2D eigenvalue weighted by Crippen LogP contribution is 2.39. The van der Waals surface area contributed by atoms with Crippen molar-refractivity contribution in [2.45, 2.75) is 31.2 Å². The summed E-state index contributed by atoms with van der Waals surface area (Å²) < 4.78 is 13.6. The Hall–Kier alpha value is -3.22. The zero-order valence-corrected chi connectivity index (χ0v) is 15.9. The number of aryl methyl sites for hydroxylation is 1. The van der Waals surface area contributed by atoms with Crippen LogP contribution in [0, 0.1) is 5.82 Å². The summed E-state index contributed by atoms with van der Waals surface area (Å²) in [5.74, 6) is -1.17. The molecule has 6 nitrogen and oxygen atoms in total. The molecule has 0 unspecified atom stereocenters. The molecule has 1 aliphatic heterocycles. The van der Waals surface area contributed by atoms with E-state index < -0.39 is 17.5 Å². The molecule has 2 N–H and O–H groups in total. The number of nitrogens with zero attached hydrogens (tertiary/aromatic N) is 1. The number of halogens is 1. The molecule has 2 aliphatic rings. The number of imide groups is 1. The summed E-state index contributed by atoms with van der Waals surface area (Å²) in [4.78, 5) is 38.9. The van der Waals surface area contributed by atoms with E-state index in [2.05, 4.69) is 10.6 Å². The Balaban J connectivity index is 1.41. The normalized spacial score (nSPS) is 20.5. The van der Waals surface area contributed by atoms with Crippen LogP contribution >= 0.6 is 0 Å². The summed E-state index contributed by atoms with van der Waals surface area (Å²) in [5.41, 5.74) is 1.27. The Labute approximate surface area is 168 Å². The SMILES string of the molecule is O=C(CN1C(=O)N[C@@]2(CCCc3ccccc32)C1=O)NCCc1ccccc1F. The lowest BCUT2D eigenvalue weighted by molar-refractivity contribution is -0.135. The van der Waals surface area contributed by atoms with Gasteiger partial charge in [0.25, 0.3) is 5.91 Å². The number of hydrogen-bond donors (Lipinski definition) is 2. The molecule has 1 heterocycles. The molecule has 4 rings (SSSR count). The van der Waals surface area contributed by atoms with Crippen molar-refractivity contribution in [1.82, 2.24) is 15.5 Å². The van der Waals surface area contributed by atoms with Gasteiger partial charge >= 0.3 is 6.03 Å². The lowest BCUT2D eigenvalue weighted by atomic mass is 9.76. The van der Waals surface area contributed by atoms with Crippen LogP contribution in [0.2, 0.25) is 0 Å². The number of carbonyl (C=O) groups is 3. The van der Waals surface area contributed by atoms with Crippen LogP contribution in [0.25, 0.3) is 0 Å². The zero-order valence-electron chi connectivity index (χ0n) is 15.9. The van der Waals surface area contributed by atoms with Gasteiger partial charge in [0.1, 0.15) is 17.9 Å². The maximum Gasteiger partial charge on any atom is 0.325 e. The van der Waals surface area contributed by atoms with Gasteiger partial charge in [-0.05, 0) is 48.4 Å². The van der Waals surface area contributed by atoms with E-state index in [4.69, 9.17) is 0 Å². The van der Waals surface area contributed by atoms with Crippen LogP contribution in [0.3, 0.4) is 0 Å². The number of carbonyl (C=O) groups excluding carboxylic acids is 3. The molecule has 1 fully saturated rings. The fourth-order valence-electron chi connectivity index (χ4n) is 4.19. The minimum atomic E-state index is -1.08. The molecule has 0 radical (unpaired) electrons. The lowest BCUT2D eigenvalue weighted by Gasteiger charge is -2.33. The Kier molecular flexibility index (Phi) is 5.05. The second-order valence-electron chi connectivity index (χ2n) is 7.43. The van der Waals surface area contributed by atoms with Gasteiger partial charge in [-0.2, -0.15) is 0 Å². The van der Waals surface area contributed by atoms with Crippen molar-refractivity contribution in [3.63, 3.8) is 0 Å². The van der Waals surface area contributed by atoms with Crippen molar-refractivity contribution in [2.75, 3.05) is 13.1 Å². The van der Waals surface area contributed by atoms with E-state index in [1.165, 1.54) is 6.07 Å². The molecule has 0 saturated carbocycles. The van der Waals surface area contributed by atoms with Gasteiger partial charge in [0, 0.05) is 6.54 Å².